The summed E-state index contributed by atoms with van der Waals surface area (Å²) in [6.07, 6.45) is 2.00. The molecule has 0 saturated heterocycles. The fourth-order valence-corrected chi connectivity index (χ4v) is 3.71. The maximum atomic E-state index is 6.06. The molecule has 1 aromatic carbocycles. The molecule has 1 unspecified atom stereocenters. The van der Waals surface area contributed by atoms with Gasteiger partial charge in [0.05, 0.1) is 5.69 Å². The zero-order chi connectivity index (χ0) is 14.8. The second-order valence-corrected chi connectivity index (χ2v) is 6.84. The molecule has 0 bridgehead atoms. The van der Waals surface area contributed by atoms with Gasteiger partial charge in [0.1, 0.15) is 10.8 Å². The van der Waals surface area contributed by atoms with Crippen molar-refractivity contribution in [3.05, 3.63) is 45.4 Å². The highest BCUT2D eigenvalue weighted by Crippen LogP contribution is 2.38. The van der Waals surface area contributed by atoms with E-state index in [1.54, 1.807) is 11.3 Å². The van der Waals surface area contributed by atoms with Crippen LogP contribution in [-0.4, -0.2) is 11.0 Å². The lowest BCUT2D eigenvalue weighted by atomic mass is 10.1. The lowest BCUT2D eigenvalue weighted by Crippen LogP contribution is -2.21. The van der Waals surface area contributed by atoms with Crippen LogP contribution in [0.2, 0.25) is 0 Å². The maximum absolute atomic E-state index is 6.06. The summed E-state index contributed by atoms with van der Waals surface area (Å²) >= 11 is 1.80. The summed E-state index contributed by atoms with van der Waals surface area (Å²) in [6.45, 7) is 7.41. The molecule has 2 aromatic rings. The summed E-state index contributed by atoms with van der Waals surface area (Å²) in [5.41, 5.74) is 2.50. The van der Waals surface area contributed by atoms with Crippen LogP contribution in [0, 0.1) is 0 Å². The number of aromatic nitrogens is 1. The quantitative estimate of drug-likeness (QED) is 0.910. The number of aryl methyl sites for hydroxylation is 1. The first-order chi connectivity index (χ1) is 10.2. The van der Waals surface area contributed by atoms with E-state index >= 15 is 0 Å². The van der Waals surface area contributed by atoms with Crippen LogP contribution in [0.15, 0.2) is 24.3 Å². The Hall–Kier alpha value is -1.39. The van der Waals surface area contributed by atoms with Gasteiger partial charge in [0.2, 0.25) is 0 Å². The summed E-state index contributed by atoms with van der Waals surface area (Å²) < 4.78 is 6.06. The van der Waals surface area contributed by atoms with E-state index < -0.39 is 0 Å². The number of thiazole rings is 1. The Morgan fingerprint density at radius 1 is 1.38 bits per heavy atom. The molecular weight excluding hydrogens is 280 g/mol. The van der Waals surface area contributed by atoms with Gasteiger partial charge in [0.25, 0.3) is 0 Å². The van der Waals surface area contributed by atoms with Crippen LogP contribution in [0.1, 0.15) is 48.0 Å². The zero-order valence-corrected chi connectivity index (χ0v) is 13.7. The van der Waals surface area contributed by atoms with Crippen molar-refractivity contribution in [1.82, 2.24) is 10.3 Å². The highest BCUT2D eigenvalue weighted by atomic mass is 32.1. The molecule has 0 radical (unpaired) electrons. The monoisotopic (exact) mass is 302 g/mol. The first kappa shape index (κ1) is 14.5. The van der Waals surface area contributed by atoms with Crippen molar-refractivity contribution in [2.75, 3.05) is 0 Å². The zero-order valence-electron chi connectivity index (χ0n) is 12.8. The summed E-state index contributed by atoms with van der Waals surface area (Å²) in [4.78, 5) is 6.17. The standard InChI is InChI=1S/C17H22N2OS/c1-4-13-16(10-18-11(2)3)21-17(19-13)15-9-12-7-5-6-8-14(12)20-15/h5-8,11,15,18H,4,9-10H2,1-3H3. The predicted octanol–water partition coefficient (Wildman–Crippen LogP) is 3.88. The Labute approximate surface area is 130 Å². The summed E-state index contributed by atoms with van der Waals surface area (Å²) in [6, 6.07) is 8.78. The van der Waals surface area contributed by atoms with Gasteiger partial charge < -0.3 is 10.1 Å². The molecule has 1 aliphatic heterocycles. The molecule has 1 aliphatic rings. The Morgan fingerprint density at radius 3 is 2.90 bits per heavy atom. The van der Waals surface area contributed by atoms with E-state index in [1.807, 2.05) is 12.1 Å². The number of hydrogen-bond donors (Lipinski definition) is 1. The number of rotatable bonds is 5. The minimum Gasteiger partial charge on any atom is -0.483 e. The van der Waals surface area contributed by atoms with Crippen LogP contribution < -0.4 is 10.1 Å². The fraction of sp³-hybridized carbons (Fsp3) is 0.471. The van der Waals surface area contributed by atoms with Crippen molar-refractivity contribution in [3.63, 3.8) is 0 Å². The van der Waals surface area contributed by atoms with Gasteiger partial charge in [0, 0.05) is 23.9 Å². The SMILES string of the molecule is CCc1nc(C2Cc3ccccc3O2)sc1CNC(C)C. The van der Waals surface area contributed by atoms with Crippen LogP contribution in [0.25, 0.3) is 0 Å². The number of fused-ring (bicyclic) bond motifs is 1. The van der Waals surface area contributed by atoms with Crippen LogP contribution in [-0.2, 0) is 19.4 Å². The third kappa shape index (κ3) is 3.11. The third-order valence-electron chi connectivity index (χ3n) is 3.72. The first-order valence-electron chi connectivity index (χ1n) is 7.63. The molecule has 0 saturated carbocycles. The van der Waals surface area contributed by atoms with Gasteiger partial charge in [0.15, 0.2) is 6.10 Å². The molecule has 21 heavy (non-hydrogen) atoms. The van der Waals surface area contributed by atoms with Crippen LogP contribution >= 0.6 is 11.3 Å². The van der Waals surface area contributed by atoms with Gasteiger partial charge in [-0.05, 0) is 18.1 Å². The van der Waals surface area contributed by atoms with E-state index in [1.165, 1.54) is 16.1 Å². The molecule has 0 fully saturated rings. The van der Waals surface area contributed by atoms with E-state index in [4.69, 9.17) is 9.72 Å². The molecular formula is C17H22N2OS. The van der Waals surface area contributed by atoms with Gasteiger partial charge in [-0.3, -0.25) is 0 Å². The highest BCUT2D eigenvalue weighted by Gasteiger charge is 2.27. The van der Waals surface area contributed by atoms with E-state index in [9.17, 15) is 0 Å². The van der Waals surface area contributed by atoms with Crippen LogP contribution in [0.5, 0.6) is 5.75 Å². The third-order valence-corrected chi connectivity index (χ3v) is 4.91. The van der Waals surface area contributed by atoms with E-state index in [0.717, 1.165) is 30.1 Å². The molecule has 0 spiro atoms. The molecule has 1 atom stereocenters. The maximum Gasteiger partial charge on any atom is 0.154 e. The van der Waals surface area contributed by atoms with Crippen molar-refractivity contribution in [2.45, 2.75) is 52.3 Å². The van der Waals surface area contributed by atoms with Crippen LogP contribution in [0.3, 0.4) is 0 Å². The Kier molecular flexibility index (Phi) is 4.27. The lowest BCUT2D eigenvalue weighted by Gasteiger charge is -2.07. The minimum absolute atomic E-state index is 0.0884. The summed E-state index contributed by atoms with van der Waals surface area (Å²) in [7, 11) is 0. The largest absolute Gasteiger partial charge is 0.483 e. The molecule has 0 amide bonds. The molecule has 1 aromatic heterocycles. The fourth-order valence-electron chi connectivity index (χ4n) is 2.57. The Morgan fingerprint density at radius 2 is 2.19 bits per heavy atom. The van der Waals surface area contributed by atoms with Crippen molar-refractivity contribution in [2.24, 2.45) is 0 Å². The van der Waals surface area contributed by atoms with Gasteiger partial charge in [-0.25, -0.2) is 4.98 Å². The van der Waals surface area contributed by atoms with E-state index in [-0.39, 0.29) is 6.10 Å². The Bertz CT molecular complexity index is 596. The van der Waals surface area contributed by atoms with E-state index in [2.05, 4.69) is 38.2 Å². The number of para-hydroxylation sites is 1. The molecule has 0 aliphatic carbocycles. The van der Waals surface area contributed by atoms with Crippen LogP contribution in [0.4, 0.5) is 0 Å². The van der Waals surface area contributed by atoms with E-state index in [0.29, 0.717) is 6.04 Å². The normalized spacial score (nSPS) is 17.0. The molecule has 1 N–H and O–H groups in total. The topological polar surface area (TPSA) is 34.1 Å². The first-order valence-corrected chi connectivity index (χ1v) is 8.45. The molecule has 112 valence electrons. The van der Waals surface area contributed by atoms with Gasteiger partial charge >= 0.3 is 0 Å². The Balaban J connectivity index is 1.78. The number of hydrogen-bond acceptors (Lipinski definition) is 4. The second-order valence-electron chi connectivity index (χ2n) is 5.73. The molecule has 4 heteroatoms. The molecule has 3 nitrogen and oxygen atoms in total. The van der Waals surface area contributed by atoms with Gasteiger partial charge in [-0.1, -0.05) is 39.0 Å². The highest BCUT2D eigenvalue weighted by molar-refractivity contribution is 7.11. The average molecular weight is 302 g/mol. The molecule has 2 heterocycles. The van der Waals surface area contributed by atoms with Gasteiger partial charge in [-0.2, -0.15) is 0 Å². The van der Waals surface area contributed by atoms with Crippen molar-refractivity contribution in [3.8, 4) is 5.75 Å². The lowest BCUT2D eigenvalue weighted by molar-refractivity contribution is 0.238. The number of nitrogens with one attached hydrogen (secondary N) is 1. The number of ether oxygens (including phenoxy) is 1. The summed E-state index contributed by atoms with van der Waals surface area (Å²) in [5, 5.41) is 4.60. The number of nitrogens with zero attached hydrogens (tertiary/aromatic N) is 1. The predicted molar refractivity (Wildman–Crippen MR) is 87.0 cm³/mol. The van der Waals surface area contributed by atoms with Crippen molar-refractivity contribution < 1.29 is 4.74 Å². The average Bonchev–Trinajstić information content (AvgIpc) is 3.08. The summed E-state index contributed by atoms with van der Waals surface area (Å²) in [5.74, 6) is 1.01. The second kappa shape index (κ2) is 6.16. The van der Waals surface area contributed by atoms with Crippen molar-refractivity contribution >= 4 is 11.3 Å². The molecule has 3 rings (SSSR count). The minimum atomic E-state index is 0.0884. The smallest absolute Gasteiger partial charge is 0.154 e. The van der Waals surface area contributed by atoms with Crippen molar-refractivity contribution in [1.29, 1.82) is 0 Å². The van der Waals surface area contributed by atoms with Gasteiger partial charge in [-0.15, -0.1) is 11.3 Å². The number of benzene rings is 1.